The fraction of sp³-hybridized carbons (Fsp3) is 0.636. The number of hydrogen-bond donors (Lipinski definition) is 1. The van der Waals surface area contributed by atoms with Crippen molar-refractivity contribution in [2.75, 3.05) is 20.6 Å². The SMILES string of the molecule is CC[C@H](NCC(=O)N(C)C)c1nc(C(F)(F)F)cs1. The summed E-state index contributed by atoms with van der Waals surface area (Å²) in [5.74, 6) is -0.133. The lowest BCUT2D eigenvalue weighted by Crippen LogP contribution is -2.34. The van der Waals surface area contributed by atoms with Gasteiger partial charge in [-0.25, -0.2) is 4.98 Å². The van der Waals surface area contributed by atoms with Gasteiger partial charge in [0.05, 0.1) is 12.6 Å². The third-order valence-electron chi connectivity index (χ3n) is 2.52. The first-order chi connectivity index (χ1) is 8.75. The molecule has 0 bridgehead atoms. The van der Waals surface area contributed by atoms with Crippen LogP contribution in [0.3, 0.4) is 0 Å². The van der Waals surface area contributed by atoms with E-state index in [2.05, 4.69) is 10.3 Å². The first kappa shape index (κ1) is 15.9. The smallest absolute Gasteiger partial charge is 0.348 e. The van der Waals surface area contributed by atoms with E-state index in [0.29, 0.717) is 11.4 Å². The van der Waals surface area contributed by atoms with Crippen LogP contribution in [0.25, 0.3) is 0 Å². The summed E-state index contributed by atoms with van der Waals surface area (Å²) >= 11 is 0.951. The Labute approximate surface area is 113 Å². The predicted molar refractivity (Wildman–Crippen MR) is 66.8 cm³/mol. The van der Waals surface area contributed by atoms with E-state index in [-0.39, 0.29) is 18.5 Å². The first-order valence-electron chi connectivity index (χ1n) is 5.71. The van der Waals surface area contributed by atoms with E-state index in [4.69, 9.17) is 0 Å². The first-order valence-corrected chi connectivity index (χ1v) is 6.59. The molecule has 0 saturated heterocycles. The second-order valence-electron chi connectivity index (χ2n) is 4.20. The molecule has 0 aliphatic rings. The maximum absolute atomic E-state index is 12.5. The van der Waals surface area contributed by atoms with E-state index >= 15 is 0 Å². The number of amides is 1. The fourth-order valence-electron chi connectivity index (χ4n) is 1.35. The van der Waals surface area contributed by atoms with Gasteiger partial charge in [0.25, 0.3) is 0 Å². The van der Waals surface area contributed by atoms with Crippen molar-refractivity contribution in [3.05, 3.63) is 16.1 Å². The highest BCUT2D eigenvalue weighted by Crippen LogP contribution is 2.32. The Balaban J connectivity index is 2.70. The van der Waals surface area contributed by atoms with Gasteiger partial charge in [-0.2, -0.15) is 13.2 Å². The molecule has 0 unspecified atom stereocenters. The van der Waals surface area contributed by atoms with Crippen LogP contribution < -0.4 is 5.32 Å². The number of aromatic nitrogens is 1. The van der Waals surface area contributed by atoms with Gasteiger partial charge in [0.2, 0.25) is 5.91 Å². The van der Waals surface area contributed by atoms with Gasteiger partial charge >= 0.3 is 6.18 Å². The summed E-state index contributed by atoms with van der Waals surface area (Å²) in [4.78, 5) is 16.4. The summed E-state index contributed by atoms with van der Waals surface area (Å²) in [7, 11) is 3.24. The number of alkyl halides is 3. The minimum atomic E-state index is -4.42. The van der Waals surface area contributed by atoms with Crippen LogP contribution in [-0.4, -0.2) is 36.4 Å². The summed E-state index contributed by atoms with van der Waals surface area (Å²) in [6.07, 6.45) is -3.86. The van der Waals surface area contributed by atoms with Gasteiger partial charge < -0.3 is 4.90 Å². The number of halogens is 3. The van der Waals surface area contributed by atoms with E-state index in [0.717, 1.165) is 16.7 Å². The summed E-state index contributed by atoms with van der Waals surface area (Å²) in [6.45, 7) is 1.90. The van der Waals surface area contributed by atoms with Gasteiger partial charge in [-0.1, -0.05) is 6.92 Å². The van der Waals surface area contributed by atoms with Crippen LogP contribution in [0.2, 0.25) is 0 Å². The Morgan fingerprint density at radius 1 is 1.53 bits per heavy atom. The number of likely N-dealkylation sites (N-methyl/N-ethyl adjacent to an activating group) is 1. The molecule has 1 amide bonds. The van der Waals surface area contributed by atoms with E-state index < -0.39 is 11.9 Å². The average Bonchev–Trinajstić information content (AvgIpc) is 2.78. The summed E-state index contributed by atoms with van der Waals surface area (Å²) in [5, 5.41) is 4.26. The number of hydrogen-bond acceptors (Lipinski definition) is 4. The number of nitrogens with zero attached hydrogens (tertiary/aromatic N) is 2. The molecule has 1 N–H and O–H groups in total. The fourth-order valence-corrected chi connectivity index (χ4v) is 2.34. The molecular weight excluding hydrogens is 279 g/mol. The second kappa shape index (κ2) is 6.33. The molecule has 108 valence electrons. The topological polar surface area (TPSA) is 45.2 Å². The quantitative estimate of drug-likeness (QED) is 0.906. The van der Waals surface area contributed by atoms with Gasteiger partial charge in [0.1, 0.15) is 5.01 Å². The second-order valence-corrected chi connectivity index (χ2v) is 5.09. The molecular formula is C11H16F3N3OS. The van der Waals surface area contributed by atoms with Crippen molar-refractivity contribution in [3.8, 4) is 0 Å². The van der Waals surface area contributed by atoms with Crippen LogP contribution in [0, 0.1) is 0 Å². The molecule has 1 aromatic rings. The molecule has 1 atom stereocenters. The highest BCUT2D eigenvalue weighted by Gasteiger charge is 2.34. The lowest BCUT2D eigenvalue weighted by atomic mass is 10.2. The Morgan fingerprint density at radius 3 is 2.58 bits per heavy atom. The van der Waals surface area contributed by atoms with Crippen molar-refractivity contribution in [2.24, 2.45) is 0 Å². The molecule has 0 radical (unpaired) electrons. The molecule has 0 aliphatic heterocycles. The highest BCUT2D eigenvalue weighted by atomic mass is 32.1. The van der Waals surface area contributed by atoms with Crippen molar-refractivity contribution in [2.45, 2.75) is 25.6 Å². The Kier molecular flexibility index (Phi) is 5.30. The molecule has 19 heavy (non-hydrogen) atoms. The average molecular weight is 295 g/mol. The summed E-state index contributed by atoms with van der Waals surface area (Å²) in [5.41, 5.74) is -0.883. The normalized spacial score (nSPS) is 13.4. The number of rotatable bonds is 5. The standard InChI is InChI=1S/C11H16F3N3OS/c1-4-7(15-5-9(18)17(2)3)10-16-8(6-19-10)11(12,13)14/h6-7,15H,4-5H2,1-3H3/t7-/m0/s1. The third-order valence-corrected chi connectivity index (χ3v) is 3.48. The summed E-state index contributed by atoms with van der Waals surface area (Å²) < 4.78 is 37.4. The van der Waals surface area contributed by atoms with Crippen molar-refractivity contribution >= 4 is 17.2 Å². The van der Waals surface area contributed by atoms with Crippen LogP contribution in [-0.2, 0) is 11.0 Å². The van der Waals surface area contributed by atoms with Crippen LogP contribution in [0.15, 0.2) is 5.38 Å². The molecule has 0 aromatic carbocycles. The predicted octanol–water partition coefficient (Wildman–Crippen LogP) is 2.29. The van der Waals surface area contributed by atoms with Crippen LogP contribution in [0.1, 0.15) is 30.1 Å². The lowest BCUT2D eigenvalue weighted by molar-refractivity contribution is -0.140. The van der Waals surface area contributed by atoms with Gasteiger partial charge in [-0.05, 0) is 6.42 Å². The zero-order chi connectivity index (χ0) is 14.6. The molecule has 0 spiro atoms. The van der Waals surface area contributed by atoms with Gasteiger partial charge in [-0.15, -0.1) is 11.3 Å². The van der Waals surface area contributed by atoms with Crippen LogP contribution >= 0.6 is 11.3 Å². The van der Waals surface area contributed by atoms with E-state index in [1.165, 1.54) is 4.90 Å². The zero-order valence-corrected chi connectivity index (χ0v) is 11.7. The van der Waals surface area contributed by atoms with Crippen LogP contribution in [0.5, 0.6) is 0 Å². The van der Waals surface area contributed by atoms with E-state index in [9.17, 15) is 18.0 Å². The molecule has 0 aliphatic carbocycles. The highest BCUT2D eigenvalue weighted by molar-refractivity contribution is 7.09. The van der Waals surface area contributed by atoms with Crippen molar-refractivity contribution in [1.29, 1.82) is 0 Å². The minimum Gasteiger partial charge on any atom is -0.348 e. The number of carbonyl (C=O) groups is 1. The third kappa shape index (κ3) is 4.46. The van der Waals surface area contributed by atoms with E-state index in [1.54, 1.807) is 14.1 Å². The molecule has 0 fully saturated rings. The zero-order valence-electron chi connectivity index (χ0n) is 10.9. The number of carbonyl (C=O) groups excluding carboxylic acids is 1. The van der Waals surface area contributed by atoms with Crippen LogP contribution in [0.4, 0.5) is 13.2 Å². The lowest BCUT2D eigenvalue weighted by Gasteiger charge is -2.16. The molecule has 8 heteroatoms. The van der Waals surface area contributed by atoms with Gasteiger partial charge in [0, 0.05) is 19.5 Å². The monoisotopic (exact) mass is 295 g/mol. The van der Waals surface area contributed by atoms with Crippen molar-refractivity contribution in [1.82, 2.24) is 15.2 Å². The van der Waals surface area contributed by atoms with Crippen molar-refractivity contribution < 1.29 is 18.0 Å². The largest absolute Gasteiger partial charge is 0.434 e. The molecule has 1 aromatic heterocycles. The summed E-state index contributed by atoms with van der Waals surface area (Å²) in [6, 6.07) is -0.343. The molecule has 1 rings (SSSR count). The Bertz CT molecular complexity index is 431. The van der Waals surface area contributed by atoms with Crippen molar-refractivity contribution in [3.63, 3.8) is 0 Å². The maximum Gasteiger partial charge on any atom is 0.434 e. The number of nitrogens with one attached hydrogen (secondary N) is 1. The number of thiazole rings is 1. The van der Waals surface area contributed by atoms with Gasteiger partial charge in [0.15, 0.2) is 5.69 Å². The van der Waals surface area contributed by atoms with Gasteiger partial charge in [-0.3, -0.25) is 10.1 Å². The van der Waals surface area contributed by atoms with E-state index in [1.807, 2.05) is 6.92 Å². The Hall–Kier alpha value is -1.15. The Morgan fingerprint density at radius 2 is 2.16 bits per heavy atom. The minimum absolute atomic E-state index is 0.0758. The maximum atomic E-state index is 12.5. The molecule has 0 saturated carbocycles. The molecule has 4 nitrogen and oxygen atoms in total. The molecule has 1 heterocycles.